The predicted molar refractivity (Wildman–Crippen MR) is 47.7 cm³/mol. The highest BCUT2D eigenvalue weighted by Gasteiger charge is 2.14. The summed E-state index contributed by atoms with van der Waals surface area (Å²) in [6.45, 7) is 4.51. The number of ether oxygens (including phenoxy) is 1. The molecule has 0 saturated heterocycles. The highest BCUT2D eigenvalue weighted by molar-refractivity contribution is 5.75. The number of hydrogen-bond acceptors (Lipinski definition) is 4. The lowest BCUT2D eigenvalue weighted by atomic mass is 10.3. The molecule has 3 N–H and O–H groups in total. The van der Waals surface area contributed by atoms with Crippen molar-refractivity contribution in [2.24, 2.45) is 5.73 Å². The van der Waals surface area contributed by atoms with E-state index in [9.17, 15) is 4.79 Å². The first-order valence-electron chi connectivity index (χ1n) is 3.88. The molecule has 0 bridgehead atoms. The van der Waals surface area contributed by atoms with Crippen LogP contribution in [0.5, 0.6) is 0 Å². The lowest BCUT2D eigenvalue weighted by Crippen LogP contribution is -2.43. The SMILES string of the molecule is C=CCCNC(CN)C(=O)OC. The van der Waals surface area contributed by atoms with Gasteiger partial charge in [-0.2, -0.15) is 0 Å². The molecule has 0 aromatic carbocycles. The molecule has 0 aliphatic carbocycles. The van der Waals surface area contributed by atoms with Gasteiger partial charge in [-0.05, 0) is 13.0 Å². The fourth-order valence-electron chi connectivity index (χ4n) is 0.765. The van der Waals surface area contributed by atoms with Gasteiger partial charge in [0, 0.05) is 6.54 Å². The minimum absolute atomic E-state index is 0.254. The highest BCUT2D eigenvalue weighted by atomic mass is 16.5. The molecule has 0 amide bonds. The molecule has 0 saturated carbocycles. The van der Waals surface area contributed by atoms with Crippen molar-refractivity contribution in [3.8, 4) is 0 Å². The fraction of sp³-hybridized carbons (Fsp3) is 0.625. The first-order chi connectivity index (χ1) is 5.76. The summed E-state index contributed by atoms with van der Waals surface area (Å²) in [6, 6.07) is -0.394. The summed E-state index contributed by atoms with van der Waals surface area (Å²) in [5, 5.41) is 2.95. The maximum absolute atomic E-state index is 10.9. The third kappa shape index (κ3) is 4.10. The molecule has 0 rings (SSSR count). The second-order valence-electron chi connectivity index (χ2n) is 2.34. The Labute approximate surface area is 72.8 Å². The molecule has 0 radical (unpaired) electrons. The lowest BCUT2D eigenvalue weighted by Gasteiger charge is -2.12. The summed E-state index contributed by atoms with van der Waals surface area (Å²) in [6.07, 6.45) is 2.59. The van der Waals surface area contributed by atoms with Gasteiger partial charge in [-0.25, -0.2) is 0 Å². The van der Waals surface area contributed by atoms with Gasteiger partial charge in [0.15, 0.2) is 0 Å². The average molecular weight is 172 g/mol. The smallest absolute Gasteiger partial charge is 0.324 e. The number of hydrogen-bond donors (Lipinski definition) is 2. The maximum Gasteiger partial charge on any atom is 0.324 e. The van der Waals surface area contributed by atoms with E-state index >= 15 is 0 Å². The average Bonchev–Trinajstić information content (AvgIpc) is 2.11. The van der Waals surface area contributed by atoms with Gasteiger partial charge in [-0.1, -0.05) is 6.08 Å². The number of nitrogens with one attached hydrogen (secondary N) is 1. The van der Waals surface area contributed by atoms with E-state index in [0.717, 1.165) is 6.42 Å². The van der Waals surface area contributed by atoms with Gasteiger partial charge in [0.1, 0.15) is 6.04 Å². The van der Waals surface area contributed by atoms with Crippen molar-refractivity contribution < 1.29 is 9.53 Å². The first kappa shape index (κ1) is 11.1. The Hall–Kier alpha value is -0.870. The van der Waals surface area contributed by atoms with Crippen molar-refractivity contribution in [3.63, 3.8) is 0 Å². The number of carbonyl (C=O) groups excluding carboxylic acids is 1. The van der Waals surface area contributed by atoms with Gasteiger partial charge in [-0.15, -0.1) is 6.58 Å². The summed E-state index contributed by atoms with van der Waals surface area (Å²) in [7, 11) is 1.35. The van der Waals surface area contributed by atoms with Crippen molar-refractivity contribution >= 4 is 5.97 Å². The van der Waals surface area contributed by atoms with Gasteiger partial charge in [0.05, 0.1) is 7.11 Å². The van der Waals surface area contributed by atoms with E-state index in [0.29, 0.717) is 6.54 Å². The van der Waals surface area contributed by atoms with Crippen LogP contribution in [0.25, 0.3) is 0 Å². The molecule has 0 aromatic rings. The van der Waals surface area contributed by atoms with Crippen LogP contribution in [0.15, 0.2) is 12.7 Å². The third-order valence-electron chi connectivity index (χ3n) is 1.46. The second-order valence-corrected chi connectivity index (χ2v) is 2.34. The minimum atomic E-state index is -0.394. The molecule has 1 unspecified atom stereocenters. The lowest BCUT2D eigenvalue weighted by molar-refractivity contribution is -0.142. The molecular formula is C8H16N2O2. The van der Waals surface area contributed by atoms with Gasteiger partial charge in [0.2, 0.25) is 0 Å². The zero-order valence-corrected chi connectivity index (χ0v) is 7.38. The minimum Gasteiger partial charge on any atom is -0.468 e. The van der Waals surface area contributed by atoms with Crippen molar-refractivity contribution in [1.29, 1.82) is 0 Å². The molecule has 0 heterocycles. The third-order valence-corrected chi connectivity index (χ3v) is 1.46. The Balaban J connectivity index is 3.66. The van der Waals surface area contributed by atoms with Crippen LogP contribution in [0.2, 0.25) is 0 Å². The quantitative estimate of drug-likeness (QED) is 0.326. The van der Waals surface area contributed by atoms with Crippen LogP contribution < -0.4 is 11.1 Å². The van der Waals surface area contributed by atoms with Crippen LogP contribution >= 0.6 is 0 Å². The zero-order valence-electron chi connectivity index (χ0n) is 7.38. The number of methoxy groups -OCH3 is 1. The van der Waals surface area contributed by atoms with Crippen molar-refractivity contribution in [2.45, 2.75) is 12.5 Å². The van der Waals surface area contributed by atoms with E-state index in [1.807, 2.05) is 0 Å². The molecule has 0 fully saturated rings. The zero-order chi connectivity index (χ0) is 9.40. The van der Waals surface area contributed by atoms with E-state index in [-0.39, 0.29) is 12.5 Å². The number of nitrogens with two attached hydrogens (primary N) is 1. The second kappa shape index (κ2) is 6.82. The van der Waals surface area contributed by atoms with Crippen LogP contribution in [0.4, 0.5) is 0 Å². The van der Waals surface area contributed by atoms with E-state index < -0.39 is 6.04 Å². The van der Waals surface area contributed by atoms with Gasteiger partial charge < -0.3 is 15.8 Å². The molecule has 12 heavy (non-hydrogen) atoms. The Morgan fingerprint density at radius 3 is 2.92 bits per heavy atom. The maximum atomic E-state index is 10.9. The Morgan fingerprint density at radius 1 is 1.83 bits per heavy atom. The Kier molecular flexibility index (Phi) is 6.32. The van der Waals surface area contributed by atoms with Crippen molar-refractivity contribution in [2.75, 3.05) is 20.2 Å². The van der Waals surface area contributed by atoms with Gasteiger partial charge in [0.25, 0.3) is 0 Å². The predicted octanol–water partition coefficient (Wildman–Crippen LogP) is -0.348. The molecule has 70 valence electrons. The molecule has 0 spiro atoms. The Morgan fingerprint density at radius 2 is 2.50 bits per heavy atom. The molecule has 0 aromatic heterocycles. The summed E-state index contributed by atoms with van der Waals surface area (Å²) in [5.74, 6) is -0.318. The van der Waals surface area contributed by atoms with E-state index in [2.05, 4.69) is 16.6 Å². The van der Waals surface area contributed by atoms with Crippen molar-refractivity contribution in [1.82, 2.24) is 5.32 Å². The van der Waals surface area contributed by atoms with Gasteiger partial charge >= 0.3 is 5.97 Å². The highest BCUT2D eigenvalue weighted by Crippen LogP contribution is 1.86. The monoisotopic (exact) mass is 172 g/mol. The normalized spacial score (nSPS) is 12.2. The van der Waals surface area contributed by atoms with E-state index in [1.54, 1.807) is 6.08 Å². The van der Waals surface area contributed by atoms with Gasteiger partial charge in [-0.3, -0.25) is 4.79 Å². The van der Waals surface area contributed by atoms with Crippen LogP contribution in [0, 0.1) is 0 Å². The van der Waals surface area contributed by atoms with Crippen LogP contribution in [0.1, 0.15) is 6.42 Å². The molecule has 1 atom stereocenters. The Bertz CT molecular complexity index is 148. The number of esters is 1. The molecule has 4 nitrogen and oxygen atoms in total. The number of carbonyl (C=O) groups is 1. The molecule has 4 heteroatoms. The van der Waals surface area contributed by atoms with Crippen LogP contribution in [-0.4, -0.2) is 32.2 Å². The molecule has 0 aliphatic rings. The summed E-state index contributed by atoms with van der Waals surface area (Å²) in [4.78, 5) is 10.9. The fourth-order valence-corrected chi connectivity index (χ4v) is 0.765. The number of rotatable bonds is 6. The van der Waals surface area contributed by atoms with E-state index in [1.165, 1.54) is 7.11 Å². The molecule has 0 aliphatic heterocycles. The topological polar surface area (TPSA) is 64.3 Å². The van der Waals surface area contributed by atoms with Crippen LogP contribution in [0.3, 0.4) is 0 Å². The summed E-state index contributed by atoms with van der Waals surface area (Å²) in [5.41, 5.74) is 5.34. The largest absolute Gasteiger partial charge is 0.468 e. The standard InChI is InChI=1S/C8H16N2O2/c1-3-4-5-10-7(6-9)8(11)12-2/h3,7,10H,1,4-6,9H2,2H3. The van der Waals surface area contributed by atoms with Crippen molar-refractivity contribution in [3.05, 3.63) is 12.7 Å². The first-order valence-corrected chi connectivity index (χ1v) is 3.88. The van der Waals surface area contributed by atoms with E-state index in [4.69, 9.17) is 5.73 Å². The molecular weight excluding hydrogens is 156 g/mol. The van der Waals surface area contributed by atoms with Crippen LogP contribution in [-0.2, 0) is 9.53 Å². The summed E-state index contributed by atoms with van der Waals surface area (Å²) < 4.78 is 4.53. The summed E-state index contributed by atoms with van der Waals surface area (Å²) >= 11 is 0.